The molecule has 2 rings (SSSR count). The van der Waals surface area contributed by atoms with Gasteiger partial charge in [-0.3, -0.25) is 9.69 Å². The second-order valence-corrected chi connectivity index (χ2v) is 6.34. The highest BCUT2D eigenvalue weighted by Gasteiger charge is 2.23. The first-order valence-corrected chi connectivity index (χ1v) is 7.80. The van der Waals surface area contributed by atoms with E-state index >= 15 is 0 Å². The van der Waals surface area contributed by atoms with Gasteiger partial charge in [0, 0.05) is 11.7 Å². The van der Waals surface area contributed by atoms with Crippen molar-refractivity contribution in [3.63, 3.8) is 0 Å². The number of carbonyl (C=O) groups is 1. The zero-order valence-corrected chi connectivity index (χ0v) is 14.6. The highest BCUT2D eigenvalue weighted by Crippen LogP contribution is 2.20. The molecule has 1 aliphatic heterocycles. The van der Waals surface area contributed by atoms with Gasteiger partial charge in [-0.25, -0.2) is 0 Å². The normalized spacial score (nSPS) is 17.6. The van der Waals surface area contributed by atoms with Gasteiger partial charge in [-0.05, 0) is 69.8 Å². The predicted octanol–water partition coefficient (Wildman–Crippen LogP) is 2.72. The van der Waals surface area contributed by atoms with Crippen LogP contribution in [0, 0.1) is 19.8 Å². The van der Waals surface area contributed by atoms with Crippen LogP contribution < -0.4 is 11.1 Å². The summed E-state index contributed by atoms with van der Waals surface area (Å²) in [5.74, 6) is 0.672. The number of benzene rings is 1. The molecule has 0 radical (unpaired) electrons. The molecular weight excluding hydrogens is 298 g/mol. The van der Waals surface area contributed by atoms with Crippen LogP contribution in [0.4, 0.5) is 5.69 Å². The Labute approximate surface area is 139 Å². The van der Waals surface area contributed by atoms with E-state index in [1.54, 1.807) is 0 Å². The Morgan fingerprint density at radius 2 is 2.00 bits per heavy atom. The maximum Gasteiger partial charge on any atom is 0.238 e. The van der Waals surface area contributed by atoms with Crippen LogP contribution in [0.25, 0.3) is 0 Å². The molecule has 5 heteroatoms. The lowest BCUT2D eigenvalue weighted by molar-refractivity contribution is -0.117. The van der Waals surface area contributed by atoms with Gasteiger partial charge in [0.25, 0.3) is 0 Å². The summed E-state index contributed by atoms with van der Waals surface area (Å²) in [6.07, 6.45) is 2.18. The largest absolute Gasteiger partial charge is 0.328 e. The summed E-state index contributed by atoms with van der Waals surface area (Å²) in [6.45, 7) is 8.53. The molecule has 1 amide bonds. The minimum Gasteiger partial charge on any atom is -0.328 e. The molecule has 1 fully saturated rings. The number of hydrogen-bond donors (Lipinski definition) is 2. The van der Waals surface area contributed by atoms with Crippen LogP contribution in [0.5, 0.6) is 0 Å². The highest BCUT2D eigenvalue weighted by molar-refractivity contribution is 5.93. The van der Waals surface area contributed by atoms with Crippen LogP contribution in [0.3, 0.4) is 0 Å². The summed E-state index contributed by atoms with van der Waals surface area (Å²) in [6, 6.07) is 6.38. The number of anilines is 1. The third kappa shape index (κ3) is 5.27. The number of aryl methyl sites for hydroxylation is 2. The summed E-state index contributed by atoms with van der Waals surface area (Å²) in [4.78, 5) is 14.4. The first-order chi connectivity index (χ1) is 9.95. The van der Waals surface area contributed by atoms with Crippen LogP contribution in [-0.4, -0.2) is 36.5 Å². The second-order valence-electron chi connectivity index (χ2n) is 6.34. The molecule has 1 aromatic carbocycles. The molecule has 124 valence electrons. The van der Waals surface area contributed by atoms with Gasteiger partial charge in [-0.1, -0.05) is 12.1 Å². The average molecular weight is 326 g/mol. The molecule has 1 saturated heterocycles. The van der Waals surface area contributed by atoms with E-state index in [1.807, 2.05) is 26.0 Å². The second kappa shape index (κ2) is 8.51. The smallest absolute Gasteiger partial charge is 0.238 e. The molecule has 22 heavy (non-hydrogen) atoms. The van der Waals surface area contributed by atoms with Gasteiger partial charge < -0.3 is 11.1 Å². The molecule has 1 heterocycles. The van der Waals surface area contributed by atoms with Crippen LogP contribution in [0.1, 0.15) is 30.9 Å². The van der Waals surface area contributed by atoms with Crippen molar-refractivity contribution in [1.82, 2.24) is 4.90 Å². The van der Waals surface area contributed by atoms with Crippen molar-refractivity contribution in [2.75, 3.05) is 25.0 Å². The molecule has 0 aliphatic carbocycles. The number of carbonyl (C=O) groups excluding carboxylic acids is 1. The van der Waals surface area contributed by atoms with Gasteiger partial charge in [0.1, 0.15) is 0 Å². The lowest BCUT2D eigenvalue weighted by Crippen LogP contribution is -2.42. The average Bonchev–Trinajstić information content (AvgIpc) is 2.43. The van der Waals surface area contributed by atoms with Crippen LogP contribution >= 0.6 is 12.4 Å². The maximum atomic E-state index is 12.2. The van der Waals surface area contributed by atoms with Crippen molar-refractivity contribution in [3.8, 4) is 0 Å². The zero-order chi connectivity index (χ0) is 15.4. The number of hydrogen-bond acceptors (Lipinski definition) is 3. The minimum absolute atomic E-state index is 0. The molecule has 0 saturated carbocycles. The number of nitrogens with two attached hydrogens (primary N) is 1. The molecule has 1 aromatic rings. The first-order valence-electron chi connectivity index (χ1n) is 7.80. The molecule has 1 unspecified atom stereocenters. The number of nitrogens with zero attached hydrogens (tertiary/aromatic N) is 1. The van der Waals surface area contributed by atoms with Crippen molar-refractivity contribution < 1.29 is 4.79 Å². The molecule has 0 aromatic heterocycles. The number of likely N-dealkylation sites (tertiary alicyclic amines) is 1. The van der Waals surface area contributed by atoms with Gasteiger partial charge >= 0.3 is 0 Å². The van der Waals surface area contributed by atoms with E-state index in [9.17, 15) is 4.79 Å². The van der Waals surface area contributed by atoms with Crippen LogP contribution in [-0.2, 0) is 4.79 Å². The number of nitrogens with one attached hydrogen (secondary N) is 1. The van der Waals surface area contributed by atoms with E-state index in [0.29, 0.717) is 12.5 Å². The number of rotatable bonds is 4. The van der Waals surface area contributed by atoms with Crippen molar-refractivity contribution in [1.29, 1.82) is 0 Å². The van der Waals surface area contributed by atoms with E-state index in [0.717, 1.165) is 42.7 Å². The minimum atomic E-state index is 0. The fraction of sp³-hybridized carbons (Fsp3) is 0.588. The van der Waals surface area contributed by atoms with E-state index in [2.05, 4.69) is 23.2 Å². The summed E-state index contributed by atoms with van der Waals surface area (Å²) in [5.41, 5.74) is 9.13. The molecule has 0 spiro atoms. The summed E-state index contributed by atoms with van der Waals surface area (Å²) in [5, 5.41) is 3.03. The van der Waals surface area contributed by atoms with Crippen molar-refractivity contribution in [2.24, 2.45) is 11.7 Å². The van der Waals surface area contributed by atoms with Gasteiger partial charge in [-0.2, -0.15) is 0 Å². The quantitative estimate of drug-likeness (QED) is 0.895. The van der Waals surface area contributed by atoms with Crippen molar-refractivity contribution in [2.45, 2.75) is 39.7 Å². The maximum absolute atomic E-state index is 12.2. The zero-order valence-electron chi connectivity index (χ0n) is 13.8. The first kappa shape index (κ1) is 18.9. The monoisotopic (exact) mass is 325 g/mol. The standard InChI is InChI=1S/C17H27N3O.ClH/c1-12-4-5-13(2)16(10-12)19-17(21)11-20-8-6-15(7-9-20)14(3)18;/h4-5,10,14-15H,6-9,11,18H2,1-3H3,(H,19,21);1H. The highest BCUT2D eigenvalue weighted by atomic mass is 35.5. The van der Waals surface area contributed by atoms with Gasteiger partial charge in [0.15, 0.2) is 0 Å². The predicted molar refractivity (Wildman–Crippen MR) is 94.6 cm³/mol. The Morgan fingerprint density at radius 1 is 1.36 bits per heavy atom. The van der Waals surface area contributed by atoms with Gasteiger partial charge in [0.2, 0.25) is 5.91 Å². The van der Waals surface area contributed by atoms with Crippen molar-refractivity contribution >= 4 is 24.0 Å². The Kier molecular flexibility index (Phi) is 7.33. The summed E-state index contributed by atoms with van der Waals surface area (Å²) in [7, 11) is 0. The topological polar surface area (TPSA) is 58.4 Å². The van der Waals surface area contributed by atoms with E-state index in [4.69, 9.17) is 5.73 Å². The third-order valence-electron chi connectivity index (χ3n) is 4.41. The molecule has 4 nitrogen and oxygen atoms in total. The Balaban J connectivity index is 0.00000242. The number of piperidine rings is 1. The SMILES string of the molecule is Cc1ccc(C)c(NC(=O)CN2CCC(C(C)N)CC2)c1.Cl. The van der Waals surface area contributed by atoms with Crippen LogP contribution in [0.15, 0.2) is 18.2 Å². The fourth-order valence-electron chi connectivity index (χ4n) is 2.90. The van der Waals surface area contributed by atoms with E-state index in [1.165, 1.54) is 0 Å². The molecule has 1 aliphatic rings. The molecule has 1 atom stereocenters. The van der Waals surface area contributed by atoms with Gasteiger partial charge in [-0.15, -0.1) is 12.4 Å². The third-order valence-corrected chi connectivity index (χ3v) is 4.41. The van der Waals surface area contributed by atoms with E-state index < -0.39 is 0 Å². The number of amides is 1. The Morgan fingerprint density at radius 3 is 2.59 bits per heavy atom. The van der Waals surface area contributed by atoms with E-state index in [-0.39, 0.29) is 24.4 Å². The molecular formula is C17H28ClN3O. The van der Waals surface area contributed by atoms with Crippen molar-refractivity contribution in [3.05, 3.63) is 29.3 Å². The lowest BCUT2D eigenvalue weighted by atomic mass is 9.91. The van der Waals surface area contributed by atoms with Crippen LogP contribution in [0.2, 0.25) is 0 Å². The molecule has 0 bridgehead atoms. The Hall–Kier alpha value is -1.10. The molecule has 3 N–H and O–H groups in total. The fourth-order valence-corrected chi connectivity index (χ4v) is 2.90. The Bertz CT molecular complexity index is 497. The summed E-state index contributed by atoms with van der Waals surface area (Å²) >= 11 is 0. The summed E-state index contributed by atoms with van der Waals surface area (Å²) < 4.78 is 0. The van der Waals surface area contributed by atoms with Gasteiger partial charge in [0.05, 0.1) is 6.54 Å². The lowest BCUT2D eigenvalue weighted by Gasteiger charge is -2.33. The number of halogens is 1.